The van der Waals surface area contributed by atoms with Crippen LogP contribution in [0.5, 0.6) is 11.5 Å². The lowest BCUT2D eigenvalue weighted by molar-refractivity contribution is -0.142. The first-order chi connectivity index (χ1) is 12.9. The van der Waals surface area contributed by atoms with Gasteiger partial charge in [-0.05, 0) is 43.3 Å². The van der Waals surface area contributed by atoms with Crippen LogP contribution in [0.15, 0.2) is 47.4 Å². The van der Waals surface area contributed by atoms with Crippen molar-refractivity contribution in [3.8, 4) is 17.6 Å². The van der Waals surface area contributed by atoms with Crippen molar-refractivity contribution in [1.29, 1.82) is 5.26 Å². The highest BCUT2D eigenvalue weighted by atomic mass is 35.5. The maximum Gasteiger partial charge on any atom is 0.307 e. The summed E-state index contributed by atoms with van der Waals surface area (Å²) in [5.41, 5.74) is 0.191. The molecule has 9 heteroatoms. The average Bonchev–Trinajstić information content (AvgIpc) is 2.62. The number of hydrogen-bond donors (Lipinski definition) is 1. The lowest BCUT2D eigenvalue weighted by Crippen LogP contribution is -2.26. The van der Waals surface area contributed by atoms with Gasteiger partial charge in [0.15, 0.2) is 0 Å². The molecule has 0 fully saturated rings. The topological polar surface area (TPSA) is 105 Å². The number of rotatable bonds is 8. The molecule has 0 aromatic heterocycles. The molecule has 7 nitrogen and oxygen atoms in total. The van der Waals surface area contributed by atoms with Crippen molar-refractivity contribution in [2.24, 2.45) is 0 Å². The minimum absolute atomic E-state index is 0.0188. The molecule has 27 heavy (non-hydrogen) atoms. The Morgan fingerprint density at radius 3 is 2.56 bits per heavy atom. The highest BCUT2D eigenvalue weighted by molar-refractivity contribution is 7.89. The van der Waals surface area contributed by atoms with Gasteiger partial charge in [0.1, 0.15) is 23.1 Å². The number of sulfonamides is 1. The molecule has 1 N–H and O–H groups in total. The van der Waals surface area contributed by atoms with Crippen molar-refractivity contribution >= 4 is 27.6 Å². The van der Waals surface area contributed by atoms with Gasteiger partial charge < -0.3 is 9.47 Å². The van der Waals surface area contributed by atoms with E-state index in [0.717, 1.165) is 0 Å². The molecule has 0 unspecified atom stereocenters. The van der Waals surface area contributed by atoms with E-state index in [-0.39, 0.29) is 40.8 Å². The average molecular weight is 409 g/mol. The summed E-state index contributed by atoms with van der Waals surface area (Å²) in [5, 5.41) is 9.41. The largest absolute Gasteiger partial charge is 0.466 e. The lowest BCUT2D eigenvalue weighted by atomic mass is 10.2. The van der Waals surface area contributed by atoms with Crippen molar-refractivity contribution < 1.29 is 22.7 Å². The number of ether oxygens (including phenoxy) is 2. The minimum Gasteiger partial charge on any atom is -0.466 e. The summed E-state index contributed by atoms with van der Waals surface area (Å²) >= 11 is 5.95. The SMILES string of the molecule is CCOC(=O)CCNS(=O)(=O)c1ccc(Oc2cccc(Cl)c2C#N)cc1. The van der Waals surface area contributed by atoms with E-state index in [1.807, 2.05) is 6.07 Å². The first-order valence-corrected chi connectivity index (χ1v) is 9.85. The van der Waals surface area contributed by atoms with E-state index >= 15 is 0 Å². The second kappa shape index (κ2) is 9.37. The quantitative estimate of drug-likeness (QED) is 0.672. The van der Waals surface area contributed by atoms with Crippen LogP contribution in [0.3, 0.4) is 0 Å². The van der Waals surface area contributed by atoms with Gasteiger partial charge in [-0.3, -0.25) is 4.79 Å². The second-order valence-electron chi connectivity index (χ2n) is 5.25. The molecule has 2 rings (SSSR count). The van der Waals surface area contributed by atoms with Gasteiger partial charge in [-0.2, -0.15) is 5.26 Å². The fourth-order valence-electron chi connectivity index (χ4n) is 2.12. The van der Waals surface area contributed by atoms with Gasteiger partial charge in [-0.1, -0.05) is 17.7 Å². The van der Waals surface area contributed by atoms with E-state index in [1.54, 1.807) is 25.1 Å². The van der Waals surface area contributed by atoms with Gasteiger partial charge in [0.05, 0.1) is 22.9 Å². The van der Waals surface area contributed by atoms with E-state index < -0.39 is 16.0 Å². The van der Waals surface area contributed by atoms with Crippen molar-refractivity contribution in [1.82, 2.24) is 4.72 Å². The molecule has 0 amide bonds. The predicted octanol–water partition coefficient (Wildman–Crippen LogP) is 3.24. The Morgan fingerprint density at radius 2 is 1.93 bits per heavy atom. The van der Waals surface area contributed by atoms with Crippen molar-refractivity contribution in [2.75, 3.05) is 13.2 Å². The minimum atomic E-state index is -3.77. The molecule has 0 saturated carbocycles. The molecule has 2 aromatic rings. The Kier molecular flexibility index (Phi) is 7.19. The van der Waals surface area contributed by atoms with Crippen molar-refractivity contribution in [2.45, 2.75) is 18.2 Å². The van der Waals surface area contributed by atoms with Crippen LogP contribution >= 0.6 is 11.6 Å². The first kappa shape index (κ1) is 20.7. The van der Waals surface area contributed by atoms with Gasteiger partial charge >= 0.3 is 5.97 Å². The van der Waals surface area contributed by atoms with Crippen molar-refractivity contribution in [3.63, 3.8) is 0 Å². The van der Waals surface area contributed by atoms with Crippen LogP contribution in [0.25, 0.3) is 0 Å². The zero-order valence-electron chi connectivity index (χ0n) is 14.4. The van der Waals surface area contributed by atoms with Crippen LogP contribution in [-0.2, 0) is 19.6 Å². The summed E-state index contributed by atoms with van der Waals surface area (Å²) in [6, 6.07) is 12.4. The van der Waals surface area contributed by atoms with Gasteiger partial charge in [0.2, 0.25) is 10.0 Å². The molecular weight excluding hydrogens is 392 g/mol. The third-order valence-corrected chi connectivity index (χ3v) is 5.17. The number of benzene rings is 2. The van der Waals surface area contributed by atoms with E-state index in [9.17, 15) is 13.2 Å². The smallest absolute Gasteiger partial charge is 0.307 e. The highest BCUT2D eigenvalue weighted by Gasteiger charge is 2.15. The normalized spacial score (nSPS) is 10.9. The summed E-state index contributed by atoms with van der Waals surface area (Å²) in [7, 11) is -3.77. The Bertz CT molecular complexity index is 953. The van der Waals surface area contributed by atoms with Gasteiger partial charge in [0.25, 0.3) is 0 Å². The Morgan fingerprint density at radius 1 is 1.22 bits per heavy atom. The van der Waals surface area contributed by atoms with E-state index in [4.69, 9.17) is 26.3 Å². The molecule has 0 aliphatic carbocycles. The summed E-state index contributed by atoms with van der Waals surface area (Å²) < 4.78 is 37.1. The standard InChI is InChI=1S/C18H17ClN2O5S/c1-2-25-18(22)10-11-21-27(23,24)14-8-6-13(7-9-14)26-17-5-3-4-16(19)15(17)12-20/h3-9,21H,2,10-11H2,1H3. The maximum atomic E-state index is 12.2. The fourth-order valence-corrected chi connectivity index (χ4v) is 3.36. The van der Waals surface area contributed by atoms with E-state index in [2.05, 4.69) is 4.72 Å². The van der Waals surface area contributed by atoms with Crippen LogP contribution in [-0.4, -0.2) is 27.5 Å². The van der Waals surface area contributed by atoms with Crippen LogP contribution in [0.4, 0.5) is 0 Å². The monoisotopic (exact) mass is 408 g/mol. The van der Waals surface area contributed by atoms with Gasteiger partial charge in [-0.15, -0.1) is 0 Å². The molecule has 0 radical (unpaired) electrons. The number of nitrogens with zero attached hydrogens (tertiary/aromatic N) is 1. The molecule has 2 aromatic carbocycles. The second-order valence-corrected chi connectivity index (χ2v) is 7.43. The first-order valence-electron chi connectivity index (χ1n) is 7.99. The van der Waals surface area contributed by atoms with E-state index in [1.165, 1.54) is 24.3 Å². The number of carbonyl (C=O) groups excluding carboxylic acids is 1. The Balaban J connectivity index is 2.05. The maximum absolute atomic E-state index is 12.2. The highest BCUT2D eigenvalue weighted by Crippen LogP contribution is 2.30. The lowest BCUT2D eigenvalue weighted by Gasteiger charge is -2.10. The van der Waals surface area contributed by atoms with Crippen LogP contribution in [0, 0.1) is 11.3 Å². The van der Waals surface area contributed by atoms with E-state index in [0.29, 0.717) is 5.75 Å². The predicted molar refractivity (Wildman–Crippen MR) is 99.1 cm³/mol. The summed E-state index contributed by atoms with van der Waals surface area (Å²) in [6.07, 6.45) is -0.0556. The number of esters is 1. The summed E-state index contributed by atoms with van der Waals surface area (Å²) in [5.74, 6) is 0.145. The zero-order chi connectivity index (χ0) is 19.9. The van der Waals surface area contributed by atoms with Gasteiger partial charge in [-0.25, -0.2) is 13.1 Å². The number of nitrogens with one attached hydrogen (secondary N) is 1. The molecule has 0 aliphatic rings. The van der Waals surface area contributed by atoms with Crippen LogP contribution in [0.1, 0.15) is 18.9 Å². The number of nitriles is 1. The Hall–Kier alpha value is -2.60. The molecule has 142 valence electrons. The molecule has 0 heterocycles. The third kappa shape index (κ3) is 5.69. The Labute approximate surface area is 162 Å². The van der Waals surface area contributed by atoms with Crippen LogP contribution in [0.2, 0.25) is 5.02 Å². The molecular formula is C18H17ClN2O5S. The third-order valence-electron chi connectivity index (χ3n) is 3.38. The molecule has 0 aliphatic heterocycles. The fraction of sp³-hybridized carbons (Fsp3) is 0.222. The molecule has 0 spiro atoms. The summed E-state index contributed by atoms with van der Waals surface area (Å²) in [6.45, 7) is 1.86. The molecule has 0 atom stereocenters. The molecule has 0 saturated heterocycles. The van der Waals surface area contributed by atoms with Crippen LogP contribution < -0.4 is 9.46 Å². The number of halogens is 1. The van der Waals surface area contributed by atoms with Crippen molar-refractivity contribution in [3.05, 3.63) is 53.1 Å². The molecule has 0 bridgehead atoms. The summed E-state index contributed by atoms with van der Waals surface area (Å²) in [4.78, 5) is 11.3. The van der Waals surface area contributed by atoms with Gasteiger partial charge in [0, 0.05) is 6.54 Å². The number of carbonyl (C=O) groups is 1. The zero-order valence-corrected chi connectivity index (χ0v) is 16.0. The number of hydrogen-bond acceptors (Lipinski definition) is 6.